The van der Waals surface area contributed by atoms with E-state index in [4.69, 9.17) is 5.73 Å². The van der Waals surface area contributed by atoms with Crippen LogP contribution in [0.1, 0.15) is 50.3 Å². The Hall–Kier alpha value is -2.67. The average Bonchev–Trinajstić information content (AvgIpc) is 3.56. The third-order valence-corrected chi connectivity index (χ3v) is 6.43. The molecule has 210 valence electrons. The van der Waals surface area contributed by atoms with Gasteiger partial charge in [-0.3, -0.25) is 10.1 Å². The van der Waals surface area contributed by atoms with E-state index >= 15 is 0 Å². The SMILES string of the molecule is CC(C)(F)C[C@H](N[C@@H](c1ccc(-c2ccc([C@](O)(CO)C(F)F)cc2)cc1)C(F)(F)F)C(=O)NC1(N)CC1. The van der Waals surface area contributed by atoms with Crippen LogP contribution in [0, 0.1) is 0 Å². The third kappa shape index (κ3) is 7.25. The van der Waals surface area contributed by atoms with Crippen molar-refractivity contribution in [2.45, 2.75) is 74.7 Å². The molecule has 1 aliphatic carbocycles. The summed E-state index contributed by atoms with van der Waals surface area (Å²) in [5.74, 6) is -0.826. The molecule has 0 saturated heterocycles. The van der Waals surface area contributed by atoms with Gasteiger partial charge >= 0.3 is 6.18 Å². The zero-order chi connectivity index (χ0) is 28.5. The van der Waals surface area contributed by atoms with Crippen molar-refractivity contribution in [1.29, 1.82) is 0 Å². The van der Waals surface area contributed by atoms with E-state index in [1.165, 1.54) is 48.5 Å². The number of aliphatic hydroxyl groups is 2. The van der Waals surface area contributed by atoms with Crippen LogP contribution >= 0.6 is 0 Å². The molecule has 0 aliphatic heterocycles. The largest absolute Gasteiger partial charge is 0.407 e. The second-order valence-corrected chi connectivity index (χ2v) is 10.3. The summed E-state index contributed by atoms with van der Waals surface area (Å²) >= 11 is 0. The number of nitrogens with two attached hydrogens (primary N) is 1. The molecular formula is C26H31F6N3O3. The Labute approximate surface area is 216 Å². The standard InChI is InChI=1S/C26H31F6N3O3/c1-23(2,29)13-19(21(37)35-24(33)11-12-24)34-20(26(30,31)32)17-5-3-15(4-6-17)16-7-9-18(10-8-16)25(38,14-36)22(27)28/h3-10,19-20,22,34,36,38H,11-14,33H2,1-2H3,(H,35,37)/t19-,20-,25+/m0/s1. The lowest BCUT2D eigenvalue weighted by Gasteiger charge is -2.30. The van der Waals surface area contributed by atoms with Crippen LogP contribution < -0.4 is 16.4 Å². The number of nitrogens with one attached hydrogen (secondary N) is 2. The zero-order valence-electron chi connectivity index (χ0n) is 20.8. The van der Waals surface area contributed by atoms with Gasteiger partial charge in [0.05, 0.1) is 18.3 Å². The first-order chi connectivity index (χ1) is 17.5. The minimum Gasteiger partial charge on any atom is -0.393 e. The summed E-state index contributed by atoms with van der Waals surface area (Å²) in [4.78, 5) is 12.7. The van der Waals surface area contributed by atoms with Crippen LogP contribution in [0.3, 0.4) is 0 Å². The number of benzene rings is 2. The molecule has 0 unspecified atom stereocenters. The Kier molecular flexibility index (Phi) is 8.52. The van der Waals surface area contributed by atoms with Crippen LogP contribution in [-0.2, 0) is 10.4 Å². The van der Waals surface area contributed by atoms with Gasteiger partial charge in [0.15, 0.2) is 5.60 Å². The molecule has 6 nitrogen and oxygen atoms in total. The molecular weight excluding hydrogens is 516 g/mol. The minimum atomic E-state index is -4.83. The molecule has 2 aromatic rings. The molecule has 3 atom stereocenters. The predicted molar refractivity (Wildman–Crippen MR) is 129 cm³/mol. The molecule has 1 aliphatic rings. The Balaban J connectivity index is 1.84. The molecule has 6 N–H and O–H groups in total. The number of halogens is 6. The second kappa shape index (κ2) is 10.8. The van der Waals surface area contributed by atoms with Gasteiger partial charge in [0.25, 0.3) is 6.43 Å². The van der Waals surface area contributed by atoms with Crippen molar-refractivity contribution in [3.63, 3.8) is 0 Å². The molecule has 3 rings (SSSR count). The first kappa shape index (κ1) is 29.9. The first-order valence-corrected chi connectivity index (χ1v) is 11.9. The highest BCUT2D eigenvalue weighted by Gasteiger charge is 2.46. The summed E-state index contributed by atoms with van der Waals surface area (Å²) in [5.41, 5.74) is 0.641. The number of alkyl halides is 6. The number of rotatable bonds is 11. The first-order valence-electron chi connectivity index (χ1n) is 11.9. The highest BCUT2D eigenvalue weighted by Crippen LogP contribution is 2.36. The van der Waals surface area contributed by atoms with E-state index in [9.17, 15) is 41.4 Å². The Morgan fingerprint density at radius 3 is 1.89 bits per heavy atom. The van der Waals surface area contributed by atoms with Gasteiger partial charge in [-0.1, -0.05) is 48.5 Å². The van der Waals surface area contributed by atoms with Crippen LogP contribution in [0.4, 0.5) is 26.3 Å². The Bertz CT molecular complexity index is 1100. The van der Waals surface area contributed by atoms with Crippen molar-refractivity contribution in [2.24, 2.45) is 5.73 Å². The van der Waals surface area contributed by atoms with Gasteiger partial charge in [-0.05, 0) is 48.9 Å². The molecule has 2 aromatic carbocycles. The fourth-order valence-corrected chi connectivity index (χ4v) is 3.99. The summed E-state index contributed by atoms with van der Waals surface area (Å²) in [5, 5.41) is 23.9. The maximum absolute atomic E-state index is 14.4. The summed E-state index contributed by atoms with van der Waals surface area (Å²) in [6.45, 7) is 1.13. The molecule has 1 saturated carbocycles. The van der Waals surface area contributed by atoms with Gasteiger partial charge in [0, 0.05) is 6.42 Å². The number of carbonyl (C=O) groups is 1. The molecule has 0 aromatic heterocycles. The maximum Gasteiger partial charge on any atom is 0.407 e. The average molecular weight is 548 g/mol. The van der Waals surface area contributed by atoms with Gasteiger partial charge < -0.3 is 21.3 Å². The summed E-state index contributed by atoms with van der Waals surface area (Å²) in [6, 6.07) is 6.48. The molecule has 1 fully saturated rings. The Morgan fingerprint density at radius 1 is 1.00 bits per heavy atom. The van der Waals surface area contributed by atoms with Crippen LogP contribution in [0.5, 0.6) is 0 Å². The number of carbonyl (C=O) groups excluding carboxylic acids is 1. The maximum atomic E-state index is 14.4. The van der Waals surface area contributed by atoms with Crippen LogP contribution in [0.2, 0.25) is 0 Å². The summed E-state index contributed by atoms with van der Waals surface area (Å²) < 4.78 is 83.0. The fourth-order valence-electron chi connectivity index (χ4n) is 3.99. The van der Waals surface area contributed by atoms with Crippen LogP contribution in [0.25, 0.3) is 11.1 Å². The molecule has 0 heterocycles. The van der Waals surface area contributed by atoms with E-state index in [-0.39, 0.29) is 11.1 Å². The summed E-state index contributed by atoms with van der Waals surface area (Å²) in [6.07, 6.45) is -7.65. The van der Waals surface area contributed by atoms with Crippen LogP contribution in [-0.4, -0.2) is 52.7 Å². The monoisotopic (exact) mass is 547 g/mol. The molecule has 38 heavy (non-hydrogen) atoms. The highest BCUT2D eigenvalue weighted by molar-refractivity contribution is 5.83. The number of hydrogen-bond donors (Lipinski definition) is 5. The van der Waals surface area contributed by atoms with Crippen molar-refractivity contribution in [1.82, 2.24) is 10.6 Å². The topological polar surface area (TPSA) is 108 Å². The molecule has 12 heteroatoms. The van der Waals surface area contributed by atoms with Crippen molar-refractivity contribution < 1.29 is 41.4 Å². The molecule has 1 amide bonds. The van der Waals surface area contributed by atoms with Gasteiger partial charge in [0.1, 0.15) is 11.7 Å². The van der Waals surface area contributed by atoms with Crippen LogP contribution in [0.15, 0.2) is 48.5 Å². The number of hydrogen-bond acceptors (Lipinski definition) is 5. The van der Waals surface area contributed by atoms with Gasteiger partial charge in [0.2, 0.25) is 5.91 Å². The van der Waals surface area contributed by atoms with Gasteiger partial charge in [-0.25, -0.2) is 13.2 Å². The molecule has 0 spiro atoms. The Morgan fingerprint density at radius 2 is 1.50 bits per heavy atom. The van der Waals surface area contributed by atoms with Crippen molar-refractivity contribution in [3.8, 4) is 11.1 Å². The molecule has 0 bridgehead atoms. The summed E-state index contributed by atoms with van der Waals surface area (Å²) in [7, 11) is 0. The van der Waals surface area contributed by atoms with E-state index in [0.29, 0.717) is 24.0 Å². The quantitative estimate of drug-likeness (QED) is 0.216. The second-order valence-electron chi connectivity index (χ2n) is 10.3. The number of amides is 1. The molecule has 0 radical (unpaired) electrons. The zero-order valence-corrected chi connectivity index (χ0v) is 20.8. The van der Waals surface area contributed by atoms with Crippen molar-refractivity contribution >= 4 is 5.91 Å². The van der Waals surface area contributed by atoms with E-state index in [2.05, 4.69) is 10.6 Å². The lowest BCUT2D eigenvalue weighted by molar-refractivity contribution is -0.161. The fraction of sp³-hybridized carbons (Fsp3) is 0.500. The smallest absolute Gasteiger partial charge is 0.393 e. The highest BCUT2D eigenvalue weighted by atomic mass is 19.4. The van der Waals surface area contributed by atoms with E-state index in [0.717, 1.165) is 13.8 Å². The predicted octanol–water partition coefficient (Wildman–Crippen LogP) is 4.06. The van der Waals surface area contributed by atoms with Crippen molar-refractivity contribution in [2.75, 3.05) is 6.61 Å². The minimum absolute atomic E-state index is 0.220. The third-order valence-electron chi connectivity index (χ3n) is 6.43. The lowest BCUT2D eigenvalue weighted by atomic mass is 9.92. The van der Waals surface area contributed by atoms with E-state index in [1.807, 2.05) is 0 Å². The van der Waals surface area contributed by atoms with Gasteiger partial charge in [-0.15, -0.1) is 0 Å². The van der Waals surface area contributed by atoms with Crippen molar-refractivity contribution in [3.05, 3.63) is 59.7 Å². The van der Waals surface area contributed by atoms with Gasteiger partial charge in [-0.2, -0.15) is 13.2 Å². The normalized spacial score (nSPS) is 18.5. The lowest BCUT2D eigenvalue weighted by Crippen LogP contribution is -2.55. The van der Waals surface area contributed by atoms with E-state index < -0.39 is 60.6 Å². The number of aliphatic hydroxyl groups excluding tert-OH is 1. The van der Waals surface area contributed by atoms with E-state index in [1.54, 1.807) is 0 Å².